The number of aliphatic hydroxyl groups is 1. The first-order valence-corrected chi connectivity index (χ1v) is 7.56. The number of nitrogen functional groups attached to an aromatic ring is 1. The molecule has 2 rings (SSSR count). The first-order valence-electron chi connectivity index (χ1n) is 7.56. The Hall–Kier alpha value is -2.30. The molecule has 0 fully saturated rings. The number of anilines is 1. The lowest BCUT2D eigenvalue weighted by molar-refractivity contribution is -0.116. The van der Waals surface area contributed by atoms with E-state index in [1.54, 1.807) is 6.07 Å². The summed E-state index contributed by atoms with van der Waals surface area (Å²) in [6, 6.07) is 7.45. The van der Waals surface area contributed by atoms with E-state index in [1.807, 2.05) is 32.0 Å². The number of allylic oxidation sites excluding steroid dienone is 2. The minimum atomic E-state index is -0.100. The van der Waals surface area contributed by atoms with Crippen LogP contribution in [0.15, 0.2) is 40.8 Å². The average Bonchev–Trinajstić information content (AvgIpc) is 2.49. The Labute approximate surface area is 130 Å². The Kier molecular flexibility index (Phi) is 5.20. The zero-order chi connectivity index (χ0) is 16.1. The van der Waals surface area contributed by atoms with Crippen molar-refractivity contribution in [2.24, 2.45) is 5.16 Å². The van der Waals surface area contributed by atoms with Crippen molar-refractivity contribution in [1.82, 2.24) is 0 Å². The molecule has 3 N–H and O–H groups in total. The standard InChI is InChI=1S/C17H22N2O3/c1-3-14(19-22-4-2)17-15(20)9-12(10-16(17)21)11-6-5-7-13(18)8-11/h5-8,12,20H,3-4,9-10,18H2,1-2H3. The number of carbonyl (C=O) groups excluding carboxylic acids is 1. The molecule has 5 heteroatoms. The lowest BCUT2D eigenvalue weighted by Crippen LogP contribution is -2.23. The number of hydrogen-bond acceptors (Lipinski definition) is 5. The van der Waals surface area contributed by atoms with Gasteiger partial charge in [0.25, 0.3) is 0 Å². The third-order valence-corrected chi connectivity index (χ3v) is 3.75. The summed E-state index contributed by atoms with van der Waals surface area (Å²) in [4.78, 5) is 17.5. The summed E-state index contributed by atoms with van der Waals surface area (Å²) in [5.41, 5.74) is 8.25. The Morgan fingerprint density at radius 3 is 2.77 bits per heavy atom. The summed E-state index contributed by atoms with van der Waals surface area (Å²) in [6.07, 6.45) is 1.29. The van der Waals surface area contributed by atoms with Crippen molar-refractivity contribution < 1.29 is 14.7 Å². The molecule has 0 amide bonds. The second kappa shape index (κ2) is 7.11. The van der Waals surface area contributed by atoms with Crippen LogP contribution in [-0.4, -0.2) is 23.2 Å². The molecule has 0 radical (unpaired) electrons. The highest BCUT2D eigenvalue weighted by atomic mass is 16.6. The van der Waals surface area contributed by atoms with Gasteiger partial charge in [-0.25, -0.2) is 0 Å². The van der Waals surface area contributed by atoms with Gasteiger partial charge in [0.15, 0.2) is 5.78 Å². The second-order valence-corrected chi connectivity index (χ2v) is 5.33. The summed E-state index contributed by atoms with van der Waals surface area (Å²) in [5, 5.41) is 14.3. The zero-order valence-electron chi connectivity index (χ0n) is 13.0. The maximum Gasteiger partial charge on any atom is 0.168 e. The van der Waals surface area contributed by atoms with Crippen LogP contribution in [0, 0.1) is 0 Å². The van der Waals surface area contributed by atoms with Gasteiger partial charge in [0.2, 0.25) is 0 Å². The second-order valence-electron chi connectivity index (χ2n) is 5.33. The fraction of sp³-hybridized carbons (Fsp3) is 0.412. The molecule has 5 nitrogen and oxygen atoms in total. The fourth-order valence-electron chi connectivity index (χ4n) is 2.70. The monoisotopic (exact) mass is 302 g/mol. The quantitative estimate of drug-likeness (QED) is 0.496. The van der Waals surface area contributed by atoms with Gasteiger partial charge < -0.3 is 15.7 Å². The van der Waals surface area contributed by atoms with Gasteiger partial charge in [-0.1, -0.05) is 24.2 Å². The Morgan fingerprint density at radius 2 is 2.18 bits per heavy atom. The predicted octanol–water partition coefficient (Wildman–Crippen LogP) is 3.33. The van der Waals surface area contributed by atoms with Gasteiger partial charge in [0.05, 0.1) is 11.3 Å². The Balaban J connectivity index is 2.29. The van der Waals surface area contributed by atoms with Crippen LogP contribution in [-0.2, 0) is 9.63 Å². The largest absolute Gasteiger partial charge is 0.511 e. The van der Waals surface area contributed by atoms with Crippen molar-refractivity contribution in [2.75, 3.05) is 12.3 Å². The van der Waals surface area contributed by atoms with Crippen molar-refractivity contribution in [3.05, 3.63) is 41.2 Å². The fourth-order valence-corrected chi connectivity index (χ4v) is 2.70. The molecule has 118 valence electrons. The molecular formula is C17H22N2O3. The van der Waals surface area contributed by atoms with Gasteiger partial charge >= 0.3 is 0 Å². The zero-order valence-corrected chi connectivity index (χ0v) is 13.0. The molecule has 0 heterocycles. The molecule has 1 aromatic carbocycles. The van der Waals surface area contributed by atoms with E-state index in [2.05, 4.69) is 5.16 Å². The molecule has 0 bridgehead atoms. The van der Waals surface area contributed by atoms with E-state index in [1.165, 1.54) is 0 Å². The minimum Gasteiger partial charge on any atom is -0.511 e. The number of aliphatic hydroxyl groups excluding tert-OH is 1. The number of ketones is 1. The SMILES string of the molecule is CCON=C(CC)C1=C(O)CC(c2cccc(N)c2)CC1=O. The van der Waals surface area contributed by atoms with Crippen LogP contribution in [0.3, 0.4) is 0 Å². The highest BCUT2D eigenvalue weighted by molar-refractivity contribution is 6.23. The van der Waals surface area contributed by atoms with Crippen molar-refractivity contribution in [3.63, 3.8) is 0 Å². The summed E-state index contributed by atoms with van der Waals surface area (Å²) < 4.78 is 0. The first-order chi connectivity index (χ1) is 10.6. The molecule has 1 aliphatic carbocycles. The number of carbonyl (C=O) groups is 1. The molecule has 0 saturated carbocycles. The Bertz CT molecular complexity index is 620. The molecule has 22 heavy (non-hydrogen) atoms. The number of hydrogen-bond donors (Lipinski definition) is 2. The number of rotatable bonds is 5. The molecular weight excluding hydrogens is 280 g/mol. The van der Waals surface area contributed by atoms with E-state index in [-0.39, 0.29) is 17.5 Å². The van der Waals surface area contributed by atoms with Crippen molar-refractivity contribution >= 4 is 17.2 Å². The van der Waals surface area contributed by atoms with Gasteiger partial charge in [-0.05, 0) is 37.0 Å². The van der Waals surface area contributed by atoms with Crippen LogP contribution in [0.2, 0.25) is 0 Å². The van der Waals surface area contributed by atoms with Gasteiger partial charge in [0.1, 0.15) is 12.4 Å². The Morgan fingerprint density at radius 1 is 1.41 bits per heavy atom. The molecule has 1 aliphatic rings. The van der Waals surface area contributed by atoms with E-state index in [9.17, 15) is 9.90 Å². The minimum absolute atomic E-state index is 0.0510. The average molecular weight is 302 g/mol. The van der Waals surface area contributed by atoms with Crippen molar-refractivity contribution in [3.8, 4) is 0 Å². The third kappa shape index (κ3) is 3.47. The van der Waals surface area contributed by atoms with Crippen molar-refractivity contribution in [1.29, 1.82) is 0 Å². The van der Waals surface area contributed by atoms with Crippen LogP contribution in [0.5, 0.6) is 0 Å². The first kappa shape index (κ1) is 16.1. The number of Topliss-reactive ketones (excluding diaryl/α,β-unsaturated/α-hetero) is 1. The molecule has 0 aromatic heterocycles. The van der Waals surface area contributed by atoms with E-state index in [0.717, 1.165) is 5.56 Å². The van der Waals surface area contributed by atoms with Gasteiger partial charge in [-0.3, -0.25) is 4.79 Å². The lowest BCUT2D eigenvalue weighted by Gasteiger charge is -2.24. The molecule has 1 unspecified atom stereocenters. The topological polar surface area (TPSA) is 84.9 Å². The van der Waals surface area contributed by atoms with E-state index >= 15 is 0 Å². The maximum atomic E-state index is 12.5. The van der Waals surface area contributed by atoms with Crippen LogP contribution in [0.1, 0.15) is 44.6 Å². The lowest BCUT2D eigenvalue weighted by atomic mass is 9.81. The normalized spacial score (nSPS) is 19.5. The van der Waals surface area contributed by atoms with Gasteiger partial charge in [-0.2, -0.15) is 0 Å². The number of nitrogens with zero attached hydrogens (tertiary/aromatic N) is 1. The van der Waals surface area contributed by atoms with Crippen molar-refractivity contribution in [2.45, 2.75) is 39.0 Å². The summed E-state index contributed by atoms with van der Waals surface area (Å²) in [6.45, 7) is 4.14. The number of nitrogens with two attached hydrogens (primary N) is 1. The van der Waals surface area contributed by atoms with Crippen LogP contribution < -0.4 is 5.73 Å². The smallest absolute Gasteiger partial charge is 0.168 e. The molecule has 1 atom stereocenters. The highest BCUT2D eigenvalue weighted by Crippen LogP contribution is 2.35. The summed E-state index contributed by atoms with van der Waals surface area (Å²) in [5.74, 6) is -0.0644. The van der Waals surface area contributed by atoms with E-state index in [4.69, 9.17) is 10.6 Å². The highest BCUT2D eigenvalue weighted by Gasteiger charge is 2.31. The van der Waals surface area contributed by atoms with Gasteiger partial charge in [-0.15, -0.1) is 0 Å². The van der Waals surface area contributed by atoms with E-state index < -0.39 is 0 Å². The number of benzene rings is 1. The maximum absolute atomic E-state index is 12.5. The predicted molar refractivity (Wildman–Crippen MR) is 86.8 cm³/mol. The molecule has 1 aromatic rings. The third-order valence-electron chi connectivity index (χ3n) is 3.75. The van der Waals surface area contributed by atoms with Crippen LogP contribution >= 0.6 is 0 Å². The molecule has 0 spiro atoms. The van der Waals surface area contributed by atoms with Gasteiger partial charge in [0, 0.05) is 18.5 Å². The molecule has 0 saturated heterocycles. The van der Waals surface area contributed by atoms with Crippen LogP contribution in [0.25, 0.3) is 0 Å². The number of oxime groups is 1. The summed E-state index contributed by atoms with van der Waals surface area (Å²) >= 11 is 0. The van der Waals surface area contributed by atoms with E-state index in [0.29, 0.717) is 42.8 Å². The van der Waals surface area contributed by atoms with Crippen LogP contribution in [0.4, 0.5) is 5.69 Å². The summed E-state index contributed by atoms with van der Waals surface area (Å²) in [7, 11) is 0. The molecule has 0 aliphatic heterocycles.